The number of rotatable bonds is 6. The molecule has 1 amide bonds. The summed E-state index contributed by atoms with van der Waals surface area (Å²) < 4.78 is 0. The molecule has 5 heteroatoms. The zero-order valence-corrected chi connectivity index (χ0v) is 8.17. The molecule has 0 spiro atoms. The van der Waals surface area contributed by atoms with Gasteiger partial charge in [-0.1, -0.05) is 0 Å². The molecule has 0 saturated carbocycles. The van der Waals surface area contributed by atoms with Crippen molar-refractivity contribution in [3.05, 3.63) is 0 Å². The minimum Gasteiger partial charge on any atom is -0.329 e. The number of hydrogen-bond donors (Lipinski definition) is 2. The van der Waals surface area contributed by atoms with E-state index in [1.807, 2.05) is 0 Å². The molecule has 0 rings (SSSR count). The fourth-order valence-electron chi connectivity index (χ4n) is 0.908. The molecule has 0 radical (unpaired) electrons. The van der Waals surface area contributed by atoms with Crippen LogP contribution in [-0.2, 0) is 9.59 Å². The van der Waals surface area contributed by atoms with Crippen molar-refractivity contribution in [2.45, 2.75) is 19.8 Å². The summed E-state index contributed by atoms with van der Waals surface area (Å²) >= 11 is 0. The van der Waals surface area contributed by atoms with Crippen LogP contribution in [0.15, 0.2) is 0 Å². The second kappa shape index (κ2) is 6.56. The Morgan fingerprint density at radius 3 is 2.38 bits per heavy atom. The summed E-state index contributed by atoms with van der Waals surface area (Å²) in [5, 5.41) is 1.42. The fraction of sp³-hybridized carbons (Fsp3) is 0.750. The van der Waals surface area contributed by atoms with Crippen LogP contribution in [-0.4, -0.2) is 36.8 Å². The first kappa shape index (κ1) is 12.1. The lowest BCUT2D eigenvalue weighted by molar-refractivity contribution is -0.135. The summed E-state index contributed by atoms with van der Waals surface area (Å²) in [6, 6.07) is 0. The lowest BCUT2D eigenvalue weighted by Gasteiger charge is -2.19. The van der Waals surface area contributed by atoms with Crippen LogP contribution in [0.5, 0.6) is 0 Å². The van der Waals surface area contributed by atoms with E-state index < -0.39 is 0 Å². The van der Waals surface area contributed by atoms with Crippen LogP contribution in [0.1, 0.15) is 19.8 Å². The van der Waals surface area contributed by atoms with Crippen LogP contribution in [0.2, 0.25) is 0 Å². The van der Waals surface area contributed by atoms with Gasteiger partial charge in [0.2, 0.25) is 5.91 Å². The molecule has 0 bridgehead atoms. The Bertz CT molecular complexity index is 182. The number of Topliss-reactive ketones (excluding diaryl/α,β-unsaturated/α-hetero) is 1. The predicted molar refractivity (Wildman–Crippen MR) is 49.7 cm³/mol. The average Bonchev–Trinajstić information content (AvgIpc) is 2.10. The van der Waals surface area contributed by atoms with Gasteiger partial charge in [0.05, 0.1) is 0 Å². The lowest BCUT2D eigenvalue weighted by Crippen LogP contribution is -2.43. The monoisotopic (exact) mass is 187 g/mol. The first-order chi connectivity index (χ1) is 6.11. The molecule has 0 fully saturated rings. The molecule has 0 atom stereocenters. The quantitative estimate of drug-likeness (QED) is 0.538. The second-order valence-electron chi connectivity index (χ2n) is 2.76. The average molecular weight is 187 g/mol. The van der Waals surface area contributed by atoms with Crippen molar-refractivity contribution in [3.63, 3.8) is 0 Å². The van der Waals surface area contributed by atoms with Gasteiger partial charge in [-0.2, -0.15) is 0 Å². The number of ketones is 1. The fourth-order valence-corrected chi connectivity index (χ4v) is 0.908. The van der Waals surface area contributed by atoms with E-state index in [1.54, 1.807) is 7.05 Å². The highest BCUT2D eigenvalue weighted by atomic mass is 16.2. The van der Waals surface area contributed by atoms with Crippen molar-refractivity contribution < 1.29 is 9.59 Å². The third-order valence-electron chi connectivity index (χ3n) is 1.61. The van der Waals surface area contributed by atoms with Crippen molar-refractivity contribution in [3.8, 4) is 0 Å². The topological polar surface area (TPSA) is 75.4 Å². The van der Waals surface area contributed by atoms with Crippen molar-refractivity contribution >= 4 is 11.7 Å². The third-order valence-corrected chi connectivity index (χ3v) is 1.61. The molecular weight excluding hydrogens is 170 g/mol. The van der Waals surface area contributed by atoms with Gasteiger partial charge in [-0.25, -0.2) is 5.43 Å². The molecule has 0 heterocycles. The van der Waals surface area contributed by atoms with E-state index in [0.29, 0.717) is 19.5 Å². The summed E-state index contributed by atoms with van der Waals surface area (Å²) in [6.07, 6.45) is 0.539. The third kappa shape index (κ3) is 5.32. The van der Waals surface area contributed by atoms with Gasteiger partial charge in [-0.15, -0.1) is 0 Å². The molecule has 13 heavy (non-hydrogen) atoms. The van der Waals surface area contributed by atoms with E-state index in [9.17, 15) is 9.59 Å². The smallest absolute Gasteiger partial charge is 0.237 e. The minimum absolute atomic E-state index is 0.0251. The number of nitrogens with zero attached hydrogens (tertiary/aromatic N) is 1. The van der Waals surface area contributed by atoms with E-state index in [4.69, 9.17) is 5.73 Å². The van der Waals surface area contributed by atoms with Crippen molar-refractivity contribution in [2.24, 2.45) is 5.73 Å². The van der Waals surface area contributed by atoms with Gasteiger partial charge in [0.25, 0.3) is 0 Å². The van der Waals surface area contributed by atoms with Crippen LogP contribution in [0.4, 0.5) is 0 Å². The van der Waals surface area contributed by atoms with Crippen LogP contribution in [0.25, 0.3) is 0 Å². The largest absolute Gasteiger partial charge is 0.329 e. The summed E-state index contributed by atoms with van der Waals surface area (Å²) in [4.78, 5) is 21.9. The van der Waals surface area contributed by atoms with E-state index in [0.717, 1.165) is 0 Å². The number of amides is 1. The van der Waals surface area contributed by atoms with E-state index in [1.165, 1.54) is 11.9 Å². The summed E-state index contributed by atoms with van der Waals surface area (Å²) in [5.41, 5.74) is 8.02. The molecule has 0 aromatic carbocycles. The van der Waals surface area contributed by atoms with Crippen LogP contribution in [0.3, 0.4) is 0 Å². The Labute approximate surface area is 78.2 Å². The molecule has 0 aliphatic carbocycles. The zero-order valence-electron chi connectivity index (χ0n) is 8.17. The normalized spacial score (nSPS) is 9.77. The highest BCUT2D eigenvalue weighted by molar-refractivity contribution is 5.83. The number of nitrogens with two attached hydrogens (primary N) is 1. The minimum atomic E-state index is -0.0943. The molecule has 0 aliphatic rings. The van der Waals surface area contributed by atoms with E-state index in [-0.39, 0.29) is 18.1 Å². The van der Waals surface area contributed by atoms with Gasteiger partial charge in [0.1, 0.15) is 5.78 Å². The van der Waals surface area contributed by atoms with Crippen LogP contribution >= 0.6 is 0 Å². The molecule has 0 aliphatic heterocycles. The van der Waals surface area contributed by atoms with Gasteiger partial charge in [-0.3, -0.25) is 9.80 Å². The number of hydrazine groups is 1. The summed E-state index contributed by atoms with van der Waals surface area (Å²) in [5.74, 6) is -0.0692. The Balaban J connectivity index is 3.84. The Hall–Kier alpha value is -0.940. The molecular formula is C8H17N3O2. The SMILES string of the molecule is CNN(CCN)C(=O)CCC(C)=O. The van der Waals surface area contributed by atoms with Crippen molar-refractivity contribution in [1.29, 1.82) is 0 Å². The first-order valence-corrected chi connectivity index (χ1v) is 4.29. The van der Waals surface area contributed by atoms with Gasteiger partial charge in [0, 0.05) is 33.0 Å². The maximum Gasteiger partial charge on any atom is 0.237 e. The van der Waals surface area contributed by atoms with Crippen molar-refractivity contribution in [1.82, 2.24) is 10.4 Å². The highest BCUT2D eigenvalue weighted by Crippen LogP contribution is 1.95. The lowest BCUT2D eigenvalue weighted by atomic mass is 10.2. The first-order valence-electron chi connectivity index (χ1n) is 4.29. The highest BCUT2D eigenvalue weighted by Gasteiger charge is 2.10. The molecule has 5 nitrogen and oxygen atoms in total. The molecule has 0 aromatic rings. The number of carbonyl (C=O) groups excluding carboxylic acids is 2. The second-order valence-corrected chi connectivity index (χ2v) is 2.76. The molecule has 76 valence electrons. The van der Waals surface area contributed by atoms with Gasteiger partial charge in [-0.05, 0) is 6.92 Å². The Kier molecular flexibility index (Phi) is 6.09. The van der Waals surface area contributed by atoms with Gasteiger partial charge < -0.3 is 10.5 Å². The number of carbonyl (C=O) groups is 2. The maximum atomic E-state index is 11.3. The molecule has 0 saturated heterocycles. The van der Waals surface area contributed by atoms with E-state index >= 15 is 0 Å². The Morgan fingerprint density at radius 2 is 2.00 bits per heavy atom. The van der Waals surface area contributed by atoms with Crippen LogP contribution < -0.4 is 11.2 Å². The van der Waals surface area contributed by atoms with Crippen molar-refractivity contribution in [2.75, 3.05) is 20.1 Å². The Morgan fingerprint density at radius 1 is 1.38 bits per heavy atom. The van der Waals surface area contributed by atoms with Gasteiger partial charge >= 0.3 is 0 Å². The molecule has 0 unspecified atom stereocenters. The molecule has 0 aromatic heterocycles. The van der Waals surface area contributed by atoms with E-state index in [2.05, 4.69) is 5.43 Å². The summed E-state index contributed by atoms with van der Waals surface area (Å²) in [7, 11) is 1.65. The number of nitrogens with one attached hydrogen (secondary N) is 1. The predicted octanol–water partition coefficient (Wildman–Crippen LogP) is -0.723. The zero-order chi connectivity index (χ0) is 10.3. The standard InChI is InChI=1S/C8H17N3O2/c1-7(12)3-4-8(13)11(10-2)6-5-9/h10H,3-6,9H2,1-2H3. The van der Waals surface area contributed by atoms with Gasteiger partial charge in [0.15, 0.2) is 0 Å². The van der Waals surface area contributed by atoms with Crippen LogP contribution in [0, 0.1) is 0 Å². The maximum absolute atomic E-state index is 11.3. The number of hydrogen-bond acceptors (Lipinski definition) is 4. The summed E-state index contributed by atoms with van der Waals surface area (Å²) in [6.45, 7) is 2.35. The molecule has 3 N–H and O–H groups in total.